The lowest BCUT2D eigenvalue weighted by Crippen LogP contribution is -2.35. The van der Waals surface area contributed by atoms with E-state index >= 15 is 0 Å². The van der Waals surface area contributed by atoms with Crippen LogP contribution in [-0.4, -0.2) is 43.9 Å². The second-order valence-electron chi connectivity index (χ2n) is 4.79. The van der Waals surface area contributed by atoms with Crippen LogP contribution < -0.4 is 15.4 Å². The zero-order valence-electron chi connectivity index (χ0n) is 12.6. The summed E-state index contributed by atoms with van der Waals surface area (Å²) in [5.74, 6) is 0.680. The Hall–Kier alpha value is -1.30. The maximum atomic E-state index is 11.5. The van der Waals surface area contributed by atoms with E-state index in [9.17, 15) is 9.90 Å². The fourth-order valence-corrected chi connectivity index (χ4v) is 1.70. The first kappa shape index (κ1) is 19.7. The molecule has 1 rings (SSSR count). The number of aryl methyl sites for hydroxylation is 1. The number of carbonyl (C=O) groups is 1. The number of halogens is 1. The molecule has 1 unspecified atom stereocenters. The number of benzene rings is 1. The van der Waals surface area contributed by atoms with E-state index in [1.165, 1.54) is 0 Å². The van der Waals surface area contributed by atoms with Gasteiger partial charge >= 0.3 is 0 Å². The van der Waals surface area contributed by atoms with E-state index in [0.29, 0.717) is 6.42 Å². The smallest absolute Gasteiger partial charge is 0.220 e. The molecule has 0 aromatic heterocycles. The van der Waals surface area contributed by atoms with Gasteiger partial charge in [-0.2, -0.15) is 0 Å². The van der Waals surface area contributed by atoms with Crippen molar-refractivity contribution < 1.29 is 14.6 Å². The van der Waals surface area contributed by atoms with Crippen molar-refractivity contribution in [3.63, 3.8) is 0 Å². The van der Waals surface area contributed by atoms with Crippen LogP contribution in [0.1, 0.15) is 18.4 Å². The maximum Gasteiger partial charge on any atom is 0.220 e. The normalized spacial score (nSPS) is 11.4. The number of carbonyl (C=O) groups excluding carboxylic acids is 1. The lowest BCUT2D eigenvalue weighted by Gasteiger charge is -2.13. The average Bonchev–Trinajstić information content (AvgIpc) is 2.43. The third-order valence-electron chi connectivity index (χ3n) is 2.80. The Balaban J connectivity index is 0.00000400. The summed E-state index contributed by atoms with van der Waals surface area (Å²) in [6.45, 7) is 3.17. The zero-order chi connectivity index (χ0) is 14.8. The molecule has 21 heavy (non-hydrogen) atoms. The minimum Gasteiger partial charge on any atom is -0.491 e. The van der Waals surface area contributed by atoms with Gasteiger partial charge in [0, 0.05) is 13.0 Å². The number of nitrogens with one attached hydrogen (secondary N) is 2. The van der Waals surface area contributed by atoms with Crippen LogP contribution in [0.25, 0.3) is 0 Å². The highest BCUT2D eigenvalue weighted by atomic mass is 35.5. The molecule has 1 aromatic rings. The fourth-order valence-electron chi connectivity index (χ4n) is 1.70. The molecular weight excluding hydrogens is 292 g/mol. The summed E-state index contributed by atoms with van der Waals surface area (Å²) >= 11 is 0. The Morgan fingerprint density at radius 1 is 1.43 bits per heavy atom. The van der Waals surface area contributed by atoms with E-state index in [0.717, 1.165) is 24.3 Å². The molecule has 0 aliphatic heterocycles. The van der Waals surface area contributed by atoms with Crippen molar-refractivity contribution in [2.75, 3.05) is 26.7 Å². The monoisotopic (exact) mass is 316 g/mol. The molecule has 0 bridgehead atoms. The van der Waals surface area contributed by atoms with Gasteiger partial charge in [-0.3, -0.25) is 4.79 Å². The van der Waals surface area contributed by atoms with Gasteiger partial charge < -0.3 is 20.5 Å². The molecule has 1 amide bonds. The number of hydrogen-bond donors (Lipinski definition) is 3. The molecule has 0 saturated heterocycles. The Kier molecular flexibility index (Phi) is 10.7. The Morgan fingerprint density at radius 3 is 2.86 bits per heavy atom. The molecule has 0 aliphatic rings. The van der Waals surface area contributed by atoms with Crippen molar-refractivity contribution >= 4 is 18.3 Å². The van der Waals surface area contributed by atoms with Gasteiger partial charge in [0.2, 0.25) is 5.91 Å². The van der Waals surface area contributed by atoms with Crippen LogP contribution in [0.15, 0.2) is 24.3 Å². The SMILES string of the molecule is CNCCCC(=O)NCC(O)COc1cccc(C)c1.Cl. The van der Waals surface area contributed by atoms with Gasteiger partial charge in [-0.15, -0.1) is 12.4 Å². The van der Waals surface area contributed by atoms with Crippen molar-refractivity contribution in [2.24, 2.45) is 0 Å². The van der Waals surface area contributed by atoms with Crippen LogP contribution in [0.2, 0.25) is 0 Å². The van der Waals surface area contributed by atoms with Gasteiger partial charge in [0.1, 0.15) is 18.5 Å². The minimum atomic E-state index is -0.705. The highest BCUT2D eigenvalue weighted by molar-refractivity contribution is 5.85. The topological polar surface area (TPSA) is 70.6 Å². The van der Waals surface area contributed by atoms with Gasteiger partial charge in [-0.05, 0) is 44.6 Å². The van der Waals surface area contributed by atoms with E-state index in [1.54, 1.807) is 0 Å². The molecule has 3 N–H and O–H groups in total. The zero-order valence-corrected chi connectivity index (χ0v) is 13.4. The molecule has 0 spiro atoms. The van der Waals surface area contributed by atoms with E-state index in [4.69, 9.17) is 4.74 Å². The highest BCUT2D eigenvalue weighted by Gasteiger charge is 2.08. The maximum absolute atomic E-state index is 11.5. The molecule has 0 aliphatic carbocycles. The third-order valence-corrected chi connectivity index (χ3v) is 2.80. The second-order valence-corrected chi connectivity index (χ2v) is 4.79. The number of rotatable bonds is 9. The Labute approximate surface area is 132 Å². The van der Waals surface area contributed by atoms with Crippen LogP contribution in [0, 0.1) is 6.92 Å². The van der Waals surface area contributed by atoms with E-state index in [1.807, 2.05) is 38.2 Å². The first-order chi connectivity index (χ1) is 9.61. The molecule has 0 heterocycles. The molecule has 6 heteroatoms. The molecule has 0 fully saturated rings. The average molecular weight is 317 g/mol. The molecule has 1 atom stereocenters. The summed E-state index contributed by atoms with van der Waals surface area (Å²) in [5, 5.41) is 15.4. The van der Waals surface area contributed by atoms with Crippen LogP contribution in [-0.2, 0) is 4.79 Å². The number of aliphatic hydroxyl groups is 1. The molecular formula is C15H25ClN2O3. The molecule has 5 nitrogen and oxygen atoms in total. The molecule has 0 saturated carbocycles. The summed E-state index contributed by atoms with van der Waals surface area (Å²) in [4.78, 5) is 11.5. The summed E-state index contributed by atoms with van der Waals surface area (Å²) < 4.78 is 5.47. The van der Waals surface area contributed by atoms with Gasteiger partial charge in [-0.25, -0.2) is 0 Å². The first-order valence-corrected chi connectivity index (χ1v) is 6.90. The first-order valence-electron chi connectivity index (χ1n) is 6.90. The molecule has 0 radical (unpaired) electrons. The summed E-state index contributed by atoms with van der Waals surface area (Å²) in [5.41, 5.74) is 1.11. The van der Waals surface area contributed by atoms with E-state index in [-0.39, 0.29) is 31.5 Å². The lowest BCUT2D eigenvalue weighted by molar-refractivity contribution is -0.121. The summed E-state index contributed by atoms with van der Waals surface area (Å²) in [7, 11) is 1.85. The fraction of sp³-hybridized carbons (Fsp3) is 0.533. The minimum absolute atomic E-state index is 0. The standard InChI is InChI=1S/C15H24N2O3.ClH/c1-12-5-3-6-14(9-12)20-11-13(18)10-17-15(19)7-4-8-16-2;/h3,5-6,9,13,16,18H,4,7-8,10-11H2,1-2H3,(H,17,19);1H. The number of amides is 1. The second kappa shape index (κ2) is 11.4. The predicted molar refractivity (Wildman–Crippen MR) is 86.1 cm³/mol. The van der Waals surface area contributed by atoms with Crippen molar-refractivity contribution in [2.45, 2.75) is 25.9 Å². The quantitative estimate of drug-likeness (QED) is 0.600. The Morgan fingerprint density at radius 2 is 2.19 bits per heavy atom. The van der Waals surface area contributed by atoms with Crippen molar-refractivity contribution in [3.05, 3.63) is 29.8 Å². The van der Waals surface area contributed by atoms with Gasteiger partial charge in [0.15, 0.2) is 0 Å². The van der Waals surface area contributed by atoms with Crippen molar-refractivity contribution in [1.82, 2.24) is 10.6 Å². The number of aliphatic hydroxyl groups excluding tert-OH is 1. The van der Waals surface area contributed by atoms with Gasteiger partial charge in [-0.1, -0.05) is 12.1 Å². The van der Waals surface area contributed by atoms with Crippen LogP contribution in [0.5, 0.6) is 5.75 Å². The van der Waals surface area contributed by atoms with E-state index < -0.39 is 6.10 Å². The predicted octanol–water partition coefficient (Wildman–Crippen LogP) is 1.27. The van der Waals surface area contributed by atoms with Crippen LogP contribution in [0.4, 0.5) is 0 Å². The Bertz CT molecular complexity index is 416. The van der Waals surface area contributed by atoms with Crippen molar-refractivity contribution in [1.29, 1.82) is 0 Å². The largest absolute Gasteiger partial charge is 0.491 e. The highest BCUT2D eigenvalue weighted by Crippen LogP contribution is 2.12. The third kappa shape index (κ3) is 9.28. The lowest BCUT2D eigenvalue weighted by atomic mass is 10.2. The van der Waals surface area contributed by atoms with Crippen LogP contribution in [0.3, 0.4) is 0 Å². The van der Waals surface area contributed by atoms with E-state index in [2.05, 4.69) is 10.6 Å². The van der Waals surface area contributed by atoms with Crippen molar-refractivity contribution in [3.8, 4) is 5.75 Å². The summed E-state index contributed by atoms with van der Waals surface area (Å²) in [6, 6.07) is 7.63. The molecule has 1 aromatic carbocycles. The van der Waals surface area contributed by atoms with Gasteiger partial charge in [0.25, 0.3) is 0 Å². The number of ether oxygens (including phenoxy) is 1. The number of hydrogen-bond acceptors (Lipinski definition) is 4. The van der Waals surface area contributed by atoms with Crippen LogP contribution >= 0.6 is 12.4 Å². The van der Waals surface area contributed by atoms with Gasteiger partial charge in [0.05, 0.1) is 0 Å². The molecule has 120 valence electrons. The summed E-state index contributed by atoms with van der Waals surface area (Å²) in [6.07, 6.45) is 0.550.